The molecule has 1 heterocycles. The van der Waals surface area contributed by atoms with Crippen molar-refractivity contribution in [3.63, 3.8) is 0 Å². The van der Waals surface area contributed by atoms with E-state index in [9.17, 15) is 0 Å². The molecular formula is C12H23N5S. The molecule has 1 aromatic rings. The van der Waals surface area contributed by atoms with Crippen LogP contribution in [0.4, 0.5) is 5.82 Å². The largest absolute Gasteiger partial charge is 0.389 e. The van der Waals surface area contributed by atoms with Crippen molar-refractivity contribution in [3.05, 3.63) is 11.3 Å². The van der Waals surface area contributed by atoms with Crippen molar-refractivity contribution in [2.24, 2.45) is 12.8 Å². The van der Waals surface area contributed by atoms with Gasteiger partial charge in [0.25, 0.3) is 0 Å². The van der Waals surface area contributed by atoms with Gasteiger partial charge >= 0.3 is 0 Å². The van der Waals surface area contributed by atoms with Crippen LogP contribution >= 0.6 is 12.2 Å². The van der Waals surface area contributed by atoms with Gasteiger partial charge in [0.2, 0.25) is 0 Å². The maximum atomic E-state index is 5.73. The van der Waals surface area contributed by atoms with Crippen molar-refractivity contribution in [2.75, 3.05) is 32.5 Å². The Hall–Kier alpha value is -1.14. The van der Waals surface area contributed by atoms with Gasteiger partial charge in [-0.25, -0.2) is 0 Å². The van der Waals surface area contributed by atoms with Crippen LogP contribution in [0.15, 0.2) is 0 Å². The Bertz CT molecular complexity index is 411. The summed E-state index contributed by atoms with van der Waals surface area (Å²) in [5, 5.41) is 7.71. The third-order valence-corrected chi connectivity index (χ3v) is 3.00. The number of nitrogens with zero attached hydrogens (tertiary/aromatic N) is 3. The van der Waals surface area contributed by atoms with Crippen LogP contribution in [0.1, 0.15) is 24.1 Å². The minimum atomic E-state index is 0.399. The molecule has 0 aliphatic rings. The molecule has 0 aromatic carbocycles. The number of anilines is 1. The molecule has 0 fully saturated rings. The molecule has 102 valence electrons. The van der Waals surface area contributed by atoms with Crippen LogP contribution in [0.2, 0.25) is 0 Å². The Morgan fingerprint density at radius 3 is 2.67 bits per heavy atom. The minimum Gasteiger partial charge on any atom is -0.389 e. The van der Waals surface area contributed by atoms with Gasteiger partial charge in [-0.05, 0) is 40.4 Å². The van der Waals surface area contributed by atoms with Gasteiger partial charge in [-0.3, -0.25) is 4.68 Å². The standard InChI is InChI=1S/C12H23N5S/c1-9-10(11(13)18)12(17(4)15-9)14-7-5-6-8-16(2)3/h14H,5-8H2,1-4H3,(H2,13,18). The van der Waals surface area contributed by atoms with Gasteiger partial charge in [0.15, 0.2) is 0 Å². The summed E-state index contributed by atoms with van der Waals surface area (Å²) < 4.78 is 1.80. The summed E-state index contributed by atoms with van der Waals surface area (Å²) in [7, 11) is 6.07. The Morgan fingerprint density at radius 1 is 1.44 bits per heavy atom. The lowest BCUT2D eigenvalue weighted by Crippen LogP contribution is -2.17. The normalized spacial score (nSPS) is 10.9. The molecule has 0 saturated carbocycles. The first-order valence-corrected chi connectivity index (χ1v) is 6.56. The highest BCUT2D eigenvalue weighted by Gasteiger charge is 2.14. The van der Waals surface area contributed by atoms with Crippen molar-refractivity contribution in [3.8, 4) is 0 Å². The predicted octanol–water partition coefficient (Wildman–Crippen LogP) is 1.12. The van der Waals surface area contributed by atoms with E-state index in [1.54, 1.807) is 4.68 Å². The fourth-order valence-electron chi connectivity index (χ4n) is 1.92. The third-order valence-electron chi connectivity index (χ3n) is 2.79. The van der Waals surface area contributed by atoms with Crippen molar-refractivity contribution in [1.29, 1.82) is 0 Å². The summed E-state index contributed by atoms with van der Waals surface area (Å²) in [6.07, 6.45) is 2.28. The number of rotatable bonds is 7. The highest BCUT2D eigenvalue weighted by Crippen LogP contribution is 2.18. The average Bonchev–Trinajstić information content (AvgIpc) is 2.52. The van der Waals surface area contributed by atoms with E-state index in [4.69, 9.17) is 18.0 Å². The number of aromatic nitrogens is 2. The smallest absolute Gasteiger partial charge is 0.134 e. The van der Waals surface area contributed by atoms with Crippen LogP contribution in [0, 0.1) is 6.92 Å². The van der Waals surface area contributed by atoms with E-state index in [2.05, 4.69) is 29.4 Å². The molecule has 1 rings (SSSR count). The van der Waals surface area contributed by atoms with Gasteiger partial charge in [-0.15, -0.1) is 0 Å². The van der Waals surface area contributed by atoms with Crippen LogP contribution < -0.4 is 11.1 Å². The predicted molar refractivity (Wildman–Crippen MR) is 80.1 cm³/mol. The SMILES string of the molecule is Cc1nn(C)c(NCCCCN(C)C)c1C(N)=S. The van der Waals surface area contributed by atoms with Gasteiger partial charge < -0.3 is 16.0 Å². The van der Waals surface area contributed by atoms with Gasteiger partial charge in [0, 0.05) is 13.6 Å². The van der Waals surface area contributed by atoms with Crippen LogP contribution in [-0.2, 0) is 7.05 Å². The Labute approximate surface area is 114 Å². The molecule has 6 heteroatoms. The number of unbranched alkanes of at least 4 members (excludes halogenated alkanes) is 1. The summed E-state index contributed by atoms with van der Waals surface area (Å²) in [6.45, 7) is 3.93. The molecule has 0 amide bonds. The van der Waals surface area contributed by atoms with E-state index in [0.717, 1.165) is 36.6 Å². The number of hydrogen-bond donors (Lipinski definition) is 2. The second-order valence-corrected chi connectivity index (χ2v) is 5.17. The molecule has 0 radical (unpaired) electrons. The Kier molecular flexibility index (Phi) is 5.55. The maximum absolute atomic E-state index is 5.73. The number of nitrogens with two attached hydrogens (primary N) is 1. The van der Waals surface area contributed by atoms with Crippen molar-refractivity contribution >= 4 is 23.0 Å². The van der Waals surface area contributed by atoms with Crippen molar-refractivity contribution in [1.82, 2.24) is 14.7 Å². The molecule has 0 unspecified atom stereocenters. The molecule has 0 atom stereocenters. The monoisotopic (exact) mass is 269 g/mol. The lowest BCUT2D eigenvalue weighted by atomic mass is 10.2. The lowest BCUT2D eigenvalue weighted by Gasteiger charge is -2.11. The third kappa shape index (κ3) is 3.96. The van der Waals surface area contributed by atoms with Crippen molar-refractivity contribution in [2.45, 2.75) is 19.8 Å². The molecule has 0 aliphatic carbocycles. The van der Waals surface area contributed by atoms with E-state index in [0.29, 0.717) is 4.99 Å². The maximum Gasteiger partial charge on any atom is 0.134 e. The fourth-order valence-corrected chi connectivity index (χ4v) is 2.16. The summed E-state index contributed by atoms with van der Waals surface area (Å²) in [5.41, 5.74) is 7.47. The van der Waals surface area contributed by atoms with Gasteiger partial charge in [-0.1, -0.05) is 12.2 Å². The van der Waals surface area contributed by atoms with Gasteiger partial charge in [0.1, 0.15) is 10.8 Å². The van der Waals surface area contributed by atoms with E-state index in [1.165, 1.54) is 6.42 Å². The van der Waals surface area contributed by atoms with Crippen molar-refractivity contribution < 1.29 is 0 Å². The van der Waals surface area contributed by atoms with Crippen LogP contribution in [0.5, 0.6) is 0 Å². The molecular weight excluding hydrogens is 246 g/mol. The average molecular weight is 269 g/mol. The zero-order valence-corrected chi connectivity index (χ0v) is 12.5. The number of nitrogens with one attached hydrogen (secondary N) is 1. The fraction of sp³-hybridized carbons (Fsp3) is 0.667. The van der Waals surface area contributed by atoms with E-state index in [1.807, 2.05) is 14.0 Å². The summed E-state index contributed by atoms with van der Waals surface area (Å²) in [5.74, 6) is 0.921. The zero-order chi connectivity index (χ0) is 13.7. The quantitative estimate of drug-likeness (QED) is 0.574. The van der Waals surface area contributed by atoms with E-state index in [-0.39, 0.29) is 0 Å². The second-order valence-electron chi connectivity index (χ2n) is 4.73. The summed E-state index contributed by atoms with van der Waals surface area (Å²) in [4.78, 5) is 2.59. The van der Waals surface area contributed by atoms with Crippen LogP contribution in [0.25, 0.3) is 0 Å². The van der Waals surface area contributed by atoms with Gasteiger partial charge in [-0.2, -0.15) is 5.10 Å². The summed E-state index contributed by atoms with van der Waals surface area (Å²) in [6, 6.07) is 0. The molecule has 1 aromatic heterocycles. The molecule has 0 bridgehead atoms. The highest BCUT2D eigenvalue weighted by molar-refractivity contribution is 7.80. The number of thiocarbonyl (C=S) groups is 1. The topological polar surface area (TPSA) is 59.1 Å². The molecule has 0 saturated heterocycles. The van der Waals surface area contributed by atoms with Crippen LogP contribution in [0.3, 0.4) is 0 Å². The molecule has 0 spiro atoms. The Balaban J connectivity index is 2.54. The molecule has 18 heavy (non-hydrogen) atoms. The number of aryl methyl sites for hydroxylation is 2. The number of hydrogen-bond acceptors (Lipinski definition) is 4. The lowest BCUT2D eigenvalue weighted by molar-refractivity contribution is 0.396. The van der Waals surface area contributed by atoms with E-state index < -0.39 is 0 Å². The first-order valence-electron chi connectivity index (χ1n) is 6.15. The first-order chi connectivity index (χ1) is 8.43. The molecule has 0 aliphatic heterocycles. The van der Waals surface area contributed by atoms with Gasteiger partial charge in [0.05, 0.1) is 11.3 Å². The zero-order valence-electron chi connectivity index (χ0n) is 11.7. The molecule has 5 nitrogen and oxygen atoms in total. The van der Waals surface area contributed by atoms with Crippen LogP contribution in [-0.4, -0.2) is 46.9 Å². The minimum absolute atomic E-state index is 0.399. The first kappa shape index (κ1) is 14.9. The highest BCUT2D eigenvalue weighted by atomic mass is 32.1. The molecule has 3 N–H and O–H groups in total. The summed E-state index contributed by atoms with van der Waals surface area (Å²) >= 11 is 5.06. The van der Waals surface area contributed by atoms with E-state index >= 15 is 0 Å². The Morgan fingerprint density at radius 2 is 2.11 bits per heavy atom. The second kappa shape index (κ2) is 6.70.